The molecule has 0 unspecified atom stereocenters. The van der Waals surface area contributed by atoms with E-state index in [-0.39, 0.29) is 15.8 Å². The van der Waals surface area contributed by atoms with Crippen LogP contribution >= 0.6 is 46.3 Å². The normalized spacial score (nSPS) is 11.4. The van der Waals surface area contributed by atoms with E-state index in [1.807, 2.05) is 12.1 Å². The summed E-state index contributed by atoms with van der Waals surface area (Å²) in [5.41, 5.74) is 0.805. The number of amides is 1. The largest absolute Gasteiger partial charge is 0.295 e. The summed E-state index contributed by atoms with van der Waals surface area (Å²) >= 11 is 14.4. The van der Waals surface area contributed by atoms with Gasteiger partial charge < -0.3 is 0 Å². The lowest BCUT2D eigenvalue weighted by molar-refractivity contribution is 0.102. The lowest BCUT2D eigenvalue weighted by Gasteiger charge is -2.04. The van der Waals surface area contributed by atoms with Crippen molar-refractivity contribution in [3.8, 4) is 0 Å². The van der Waals surface area contributed by atoms with E-state index in [4.69, 9.17) is 23.2 Å². The third-order valence-electron chi connectivity index (χ3n) is 3.17. The van der Waals surface area contributed by atoms with E-state index < -0.39 is 20.9 Å². The van der Waals surface area contributed by atoms with Crippen LogP contribution in [0, 0.1) is 0 Å². The van der Waals surface area contributed by atoms with Crippen molar-refractivity contribution in [2.24, 2.45) is 0 Å². The molecule has 2 aromatic heterocycles. The van der Waals surface area contributed by atoms with Crippen molar-refractivity contribution in [1.29, 1.82) is 0 Å². The molecule has 0 saturated carbocycles. The van der Waals surface area contributed by atoms with Gasteiger partial charge in [0.05, 0.1) is 11.2 Å². The average Bonchev–Trinajstić information content (AvgIpc) is 3.08. The van der Waals surface area contributed by atoms with Crippen molar-refractivity contribution in [2.75, 3.05) is 11.6 Å². The van der Waals surface area contributed by atoms with E-state index in [0.29, 0.717) is 15.1 Å². The summed E-state index contributed by atoms with van der Waals surface area (Å²) in [5, 5.41) is 10.7. The number of anilines is 1. The van der Waals surface area contributed by atoms with E-state index >= 15 is 0 Å². The number of sulfone groups is 1. The van der Waals surface area contributed by atoms with Crippen LogP contribution in [0.15, 0.2) is 40.0 Å². The van der Waals surface area contributed by atoms with Crippen molar-refractivity contribution in [3.05, 3.63) is 51.8 Å². The minimum atomic E-state index is -3.68. The van der Waals surface area contributed by atoms with Crippen molar-refractivity contribution in [2.45, 2.75) is 15.2 Å². The molecule has 0 saturated heterocycles. The third kappa shape index (κ3) is 5.39. The molecule has 146 valence electrons. The summed E-state index contributed by atoms with van der Waals surface area (Å²) in [6.07, 6.45) is 2.00. The monoisotopic (exact) mass is 475 g/mol. The minimum absolute atomic E-state index is 0.0771. The molecule has 0 aliphatic rings. The number of rotatable bonds is 6. The molecule has 1 aromatic carbocycles. The van der Waals surface area contributed by atoms with Crippen molar-refractivity contribution < 1.29 is 13.2 Å². The van der Waals surface area contributed by atoms with Gasteiger partial charge in [-0.25, -0.2) is 18.4 Å². The van der Waals surface area contributed by atoms with E-state index in [1.54, 1.807) is 12.1 Å². The number of halogens is 2. The standard InChI is InChI=1S/C15H11Cl2N5O3S3/c1-28(24,25)14-18-6-10(17)11(19-14)12(23)20-13-21-22-15(27-13)26-7-8-2-4-9(16)5-3-8/h2-6H,7H2,1H3,(H,20,21,23). The van der Waals surface area contributed by atoms with Gasteiger partial charge >= 0.3 is 0 Å². The van der Waals surface area contributed by atoms with E-state index in [9.17, 15) is 13.2 Å². The molecule has 0 aliphatic heterocycles. The number of nitrogens with one attached hydrogen (secondary N) is 1. The van der Waals surface area contributed by atoms with Gasteiger partial charge in [0.1, 0.15) is 0 Å². The number of hydrogen-bond acceptors (Lipinski definition) is 9. The van der Waals surface area contributed by atoms with E-state index in [0.717, 1.165) is 18.0 Å². The fourth-order valence-electron chi connectivity index (χ4n) is 1.89. The Labute approximate surface area is 178 Å². The molecule has 1 N–H and O–H groups in total. The van der Waals surface area contributed by atoms with Crippen LogP contribution in [0.3, 0.4) is 0 Å². The van der Waals surface area contributed by atoms with Gasteiger partial charge in [0, 0.05) is 17.0 Å². The maximum Gasteiger partial charge on any atom is 0.277 e. The lowest BCUT2D eigenvalue weighted by atomic mass is 10.2. The molecule has 0 bridgehead atoms. The van der Waals surface area contributed by atoms with Gasteiger partial charge in [0.2, 0.25) is 20.1 Å². The molecule has 0 spiro atoms. The number of hydrogen-bond donors (Lipinski definition) is 1. The van der Waals surface area contributed by atoms with Gasteiger partial charge in [-0.15, -0.1) is 10.2 Å². The quantitative estimate of drug-likeness (QED) is 0.326. The summed E-state index contributed by atoms with van der Waals surface area (Å²) in [6, 6.07) is 7.43. The zero-order valence-electron chi connectivity index (χ0n) is 14.1. The Kier molecular flexibility index (Phi) is 6.50. The first kappa shape index (κ1) is 20.9. The highest BCUT2D eigenvalue weighted by Gasteiger charge is 2.20. The van der Waals surface area contributed by atoms with Gasteiger partial charge in [-0.3, -0.25) is 10.1 Å². The Balaban J connectivity index is 1.68. The Morgan fingerprint density at radius 1 is 1.21 bits per heavy atom. The SMILES string of the molecule is CS(=O)(=O)c1ncc(Cl)c(C(=O)Nc2nnc(SCc3ccc(Cl)cc3)s2)n1. The first-order valence-electron chi connectivity index (χ1n) is 7.47. The molecule has 0 radical (unpaired) electrons. The number of carbonyl (C=O) groups is 1. The maximum atomic E-state index is 12.4. The second kappa shape index (κ2) is 8.70. The average molecular weight is 476 g/mol. The second-order valence-electron chi connectivity index (χ2n) is 5.36. The summed E-state index contributed by atoms with van der Waals surface area (Å²) in [5.74, 6) is -0.0439. The summed E-state index contributed by atoms with van der Waals surface area (Å²) in [7, 11) is -3.68. The predicted octanol–water partition coefficient (Wildman–Crippen LogP) is 3.58. The summed E-state index contributed by atoms with van der Waals surface area (Å²) in [6.45, 7) is 0. The Bertz CT molecular complexity index is 1120. The van der Waals surface area contributed by atoms with Crippen LogP contribution in [0.5, 0.6) is 0 Å². The van der Waals surface area contributed by atoms with Crippen LogP contribution in [-0.4, -0.2) is 40.7 Å². The zero-order valence-corrected chi connectivity index (χ0v) is 18.0. The van der Waals surface area contributed by atoms with Gasteiger partial charge in [-0.2, -0.15) is 0 Å². The Morgan fingerprint density at radius 3 is 2.61 bits per heavy atom. The Hall–Kier alpha value is -1.79. The van der Waals surface area contributed by atoms with Gasteiger partial charge in [-0.1, -0.05) is 58.4 Å². The maximum absolute atomic E-state index is 12.4. The molecule has 3 rings (SSSR count). The molecule has 0 atom stereocenters. The highest BCUT2D eigenvalue weighted by molar-refractivity contribution is 8.00. The molecule has 0 fully saturated rings. The number of thioether (sulfide) groups is 1. The molecular weight excluding hydrogens is 465 g/mol. The lowest BCUT2D eigenvalue weighted by Crippen LogP contribution is -2.17. The van der Waals surface area contributed by atoms with Crippen LogP contribution < -0.4 is 5.32 Å². The van der Waals surface area contributed by atoms with Crippen LogP contribution in [0.4, 0.5) is 5.13 Å². The number of nitrogens with zero attached hydrogens (tertiary/aromatic N) is 4. The highest BCUT2D eigenvalue weighted by Crippen LogP contribution is 2.29. The molecule has 3 aromatic rings. The number of carbonyl (C=O) groups excluding carboxylic acids is 1. The van der Waals surface area contributed by atoms with Crippen LogP contribution in [0.1, 0.15) is 16.1 Å². The van der Waals surface area contributed by atoms with Crippen LogP contribution in [0.25, 0.3) is 0 Å². The molecular formula is C15H11Cl2N5O3S3. The predicted molar refractivity (Wildman–Crippen MR) is 109 cm³/mol. The van der Waals surface area contributed by atoms with Gasteiger partial charge in [0.15, 0.2) is 10.0 Å². The van der Waals surface area contributed by atoms with Crippen molar-refractivity contribution >= 4 is 67.2 Å². The Morgan fingerprint density at radius 2 is 1.93 bits per heavy atom. The zero-order chi connectivity index (χ0) is 20.3. The van der Waals surface area contributed by atoms with Gasteiger partial charge in [-0.05, 0) is 17.7 Å². The van der Waals surface area contributed by atoms with E-state index in [2.05, 4.69) is 25.5 Å². The first-order chi connectivity index (χ1) is 13.2. The highest BCUT2D eigenvalue weighted by atomic mass is 35.5. The second-order valence-corrected chi connectivity index (χ2v) is 10.3. The topological polar surface area (TPSA) is 115 Å². The minimum Gasteiger partial charge on any atom is -0.295 e. The molecule has 28 heavy (non-hydrogen) atoms. The molecule has 13 heteroatoms. The molecule has 1 amide bonds. The first-order valence-corrected chi connectivity index (χ1v) is 11.9. The van der Waals surface area contributed by atoms with Crippen molar-refractivity contribution in [1.82, 2.24) is 20.2 Å². The molecule has 2 heterocycles. The molecule has 0 aliphatic carbocycles. The third-order valence-corrected chi connectivity index (χ3v) is 6.60. The summed E-state index contributed by atoms with van der Waals surface area (Å²) < 4.78 is 23.8. The van der Waals surface area contributed by atoms with Crippen LogP contribution in [-0.2, 0) is 15.6 Å². The summed E-state index contributed by atoms with van der Waals surface area (Å²) in [4.78, 5) is 19.7. The number of benzene rings is 1. The smallest absolute Gasteiger partial charge is 0.277 e. The fourth-order valence-corrected chi connectivity index (χ4v) is 4.40. The fraction of sp³-hybridized carbons (Fsp3) is 0.133. The van der Waals surface area contributed by atoms with Crippen LogP contribution in [0.2, 0.25) is 10.0 Å². The van der Waals surface area contributed by atoms with Crippen molar-refractivity contribution in [3.63, 3.8) is 0 Å². The molecule has 8 nitrogen and oxygen atoms in total. The van der Waals surface area contributed by atoms with E-state index in [1.165, 1.54) is 23.1 Å². The number of aromatic nitrogens is 4. The van der Waals surface area contributed by atoms with Gasteiger partial charge in [0.25, 0.3) is 5.91 Å².